The van der Waals surface area contributed by atoms with Gasteiger partial charge in [0.2, 0.25) is 5.91 Å². The number of rotatable bonds is 3. The van der Waals surface area contributed by atoms with Gasteiger partial charge in [0.25, 0.3) is 0 Å². The van der Waals surface area contributed by atoms with E-state index in [1.165, 1.54) is 7.11 Å². The lowest BCUT2D eigenvalue weighted by molar-refractivity contribution is 0.1000. The molecule has 3 nitrogen and oxygen atoms in total. The van der Waals surface area contributed by atoms with Crippen LogP contribution in [0.25, 0.3) is 0 Å². The summed E-state index contributed by atoms with van der Waals surface area (Å²) in [6.45, 7) is 0. The molecule has 1 atom stereocenters. The largest absolute Gasteiger partial charge is 0.366 e. The number of carbonyl (C=O) groups is 1. The smallest absolute Gasteiger partial charge is 0.248 e. The number of ether oxygens (including phenoxy) is 1. The van der Waals surface area contributed by atoms with Gasteiger partial charge in [-0.3, -0.25) is 4.79 Å². The number of hydrogen-bond donors (Lipinski definition) is 1. The molecule has 2 N–H and O–H groups in total. The molecule has 14 heavy (non-hydrogen) atoms. The van der Waals surface area contributed by atoms with Crippen LogP contribution in [0, 0.1) is 0 Å². The Balaban J connectivity index is 3.14. The van der Waals surface area contributed by atoms with Crippen molar-refractivity contribution < 1.29 is 9.53 Å². The SMILES string of the molecule is COC(Cl)c1cc(C(N)=O)ccc1Br. The predicted molar refractivity (Wildman–Crippen MR) is 58.3 cm³/mol. The molecular formula is C9H9BrClNO2. The van der Waals surface area contributed by atoms with E-state index in [4.69, 9.17) is 22.1 Å². The monoisotopic (exact) mass is 277 g/mol. The average Bonchev–Trinajstić information content (AvgIpc) is 2.17. The topological polar surface area (TPSA) is 52.3 Å². The summed E-state index contributed by atoms with van der Waals surface area (Å²) in [6.07, 6.45) is 0. The lowest BCUT2D eigenvalue weighted by Crippen LogP contribution is -2.11. The van der Waals surface area contributed by atoms with Gasteiger partial charge in [0.1, 0.15) is 0 Å². The first-order valence-corrected chi connectivity index (χ1v) is 5.05. The maximum Gasteiger partial charge on any atom is 0.248 e. The van der Waals surface area contributed by atoms with Crippen molar-refractivity contribution in [1.29, 1.82) is 0 Å². The Morgan fingerprint density at radius 3 is 2.79 bits per heavy atom. The van der Waals surface area contributed by atoms with E-state index in [9.17, 15) is 4.79 Å². The van der Waals surface area contributed by atoms with Crippen molar-refractivity contribution in [2.45, 2.75) is 5.56 Å². The fourth-order valence-corrected chi connectivity index (χ4v) is 1.76. The summed E-state index contributed by atoms with van der Waals surface area (Å²) in [5.41, 5.74) is 5.64. The Bertz CT molecular complexity index is 357. The first-order chi connectivity index (χ1) is 6.56. The van der Waals surface area contributed by atoms with Gasteiger partial charge in [-0.15, -0.1) is 0 Å². The second-order valence-corrected chi connectivity index (χ2v) is 3.90. The van der Waals surface area contributed by atoms with Crippen molar-refractivity contribution in [3.63, 3.8) is 0 Å². The molecule has 76 valence electrons. The number of primary amides is 1. The Morgan fingerprint density at radius 2 is 2.29 bits per heavy atom. The molecule has 0 aromatic heterocycles. The third kappa shape index (κ3) is 2.47. The normalized spacial score (nSPS) is 12.5. The summed E-state index contributed by atoms with van der Waals surface area (Å²) in [4.78, 5) is 10.9. The van der Waals surface area contributed by atoms with E-state index < -0.39 is 11.5 Å². The first-order valence-electron chi connectivity index (χ1n) is 3.82. The van der Waals surface area contributed by atoms with Gasteiger partial charge in [0, 0.05) is 22.7 Å². The van der Waals surface area contributed by atoms with Gasteiger partial charge in [-0.1, -0.05) is 27.5 Å². The molecule has 1 rings (SSSR count). The van der Waals surface area contributed by atoms with Crippen molar-refractivity contribution >= 4 is 33.4 Å². The third-order valence-corrected chi connectivity index (χ3v) is 2.87. The molecule has 0 heterocycles. The molecule has 0 aliphatic rings. The molecule has 0 saturated heterocycles. The molecule has 0 fully saturated rings. The Kier molecular flexibility index (Phi) is 3.92. The van der Waals surface area contributed by atoms with Gasteiger partial charge < -0.3 is 10.5 Å². The molecular weight excluding hydrogens is 269 g/mol. The number of carbonyl (C=O) groups excluding carboxylic acids is 1. The maximum atomic E-state index is 10.9. The zero-order chi connectivity index (χ0) is 10.7. The second kappa shape index (κ2) is 4.77. The zero-order valence-corrected chi connectivity index (χ0v) is 9.80. The number of benzene rings is 1. The van der Waals surface area contributed by atoms with E-state index in [2.05, 4.69) is 15.9 Å². The van der Waals surface area contributed by atoms with Gasteiger partial charge >= 0.3 is 0 Å². The number of methoxy groups -OCH3 is 1. The number of nitrogens with two attached hydrogens (primary N) is 1. The zero-order valence-electron chi connectivity index (χ0n) is 7.46. The molecule has 1 unspecified atom stereocenters. The van der Waals surface area contributed by atoms with Gasteiger partial charge in [-0.25, -0.2) is 0 Å². The van der Waals surface area contributed by atoms with E-state index in [0.717, 1.165) is 4.47 Å². The minimum Gasteiger partial charge on any atom is -0.366 e. The van der Waals surface area contributed by atoms with Crippen molar-refractivity contribution in [2.24, 2.45) is 5.73 Å². The number of alkyl halides is 1. The Morgan fingerprint density at radius 1 is 1.64 bits per heavy atom. The minimum absolute atomic E-state index is 0.408. The van der Waals surface area contributed by atoms with Crippen LogP contribution in [-0.2, 0) is 4.74 Å². The van der Waals surface area contributed by atoms with Crippen LogP contribution in [0.1, 0.15) is 21.5 Å². The van der Waals surface area contributed by atoms with Crippen molar-refractivity contribution in [2.75, 3.05) is 7.11 Å². The van der Waals surface area contributed by atoms with Crippen LogP contribution < -0.4 is 5.73 Å². The summed E-state index contributed by atoms with van der Waals surface area (Å²) >= 11 is 9.17. The average molecular weight is 279 g/mol. The molecule has 5 heteroatoms. The van der Waals surface area contributed by atoms with E-state index >= 15 is 0 Å². The number of amides is 1. The standard InChI is InChI=1S/C9H9BrClNO2/c1-14-8(11)6-4-5(9(12)13)2-3-7(6)10/h2-4,8H,1H3,(H2,12,13). The lowest BCUT2D eigenvalue weighted by atomic mass is 10.1. The number of hydrogen-bond acceptors (Lipinski definition) is 2. The summed E-state index contributed by atoms with van der Waals surface area (Å²) in [7, 11) is 1.49. The molecule has 0 aliphatic carbocycles. The molecule has 0 saturated carbocycles. The highest BCUT2D eigenvalue weighted by atomic mass is 79.9. The highest BCUT2D eigenvalue weighted by Crippen LogP contribution is 2.29. The fourth-order valence-electron chi connectivity index (χ4n) is 0.998. The van der Waals surface area contributed by atoms with E-state index in [0.29, 0.717) is 11.1 Å². The van der Waals surface area contributed by atoms with Crippen LogP contribution in [0.3, 0.4) is 0 Å². The Labute approximate surface area is 95.3 Å². The molecule has 1 amide bonds. The van der Waals surface area contributed by atoms with Crippen molar-refractivity contribution in [3.8, 4) is 0 Å². The third-order valence-electron chi connectivity index (χ3n) is 1.73. The fraction of sp³-hybridized carbons (Fsp3) is 0.222. The lowest BCUT2D eigenvalue weighted by Gasteiger charge is -2.10. The summed E-state index contributed by atoms with van der Waals surface area (Å²) in [6, 6.07) is 4.94. The number of halogens is 2. The summed E-state index contributed by atoms with van der Waals surface area (Å²) in [5, 5.41) is 0. The van der Waals surface area contributed by atoms with Crippen LogP contribution in [0.4, 0.5) is 0 Å². The molecule has 0 radical (unpaired) electrons. The van der Waals surface area contributed by atoms with Crippen molar-refractivity contribution in [3.05, 3.63) is 33.8 Å². The summed E-state index contributed by atoms with van der Waals surface area (Å²) < 4.78 is 5.72. The maximum absolute atomic E-state index is 10.9. The molecule has 0 bridgehead atoms. The quantitative estimate of drug-likeness (QED) is 0.863. The van der Waals surface area contributed by atoms with Crippen LogP contribution in [0.2, 0.25) is 0 Å². The van der Waals surface area contributed by atoms with Gasteiger partial charge in [-0.2, -0.15) is 0 Å². The van der Waals surface area contributed by atoms with E-state index in [-0.39, 0.29) is 0 Å². The molecule has 0 aliphatic heterocycles. The minimum atomic E-state index is -0.594. The molecule has 1 aromatic rings. The molecule has 1 aromatic carbocycles. The second-order valence-electron chi connectivity index (χ2n) is 2.65. The highest BCUT2D eigenvalue weighted by molar-refractivity contribution is 9.10. The van der Waals surface area contributed by atoms with Gasteiger partial charge in [-0.05, 0) is 18.2 Å². The van der Waals surface area contributed by atoms with Crippen LogP contribution >= 0.6 is 27.5 Å². The first kappa shape index (κ1) is 11.5. The highest BCUT2D eigenvalue weighted by Gasteiger charge is 2.12. The van der Waals surface area contributed by atoms with Crippen LogP contribution in [0.5, 0.6) is 0 Å². The van der Waals surface area contributed by atoms with Crippen molar-refractivity contribution in [1.82, 2.24) is 0 Å². The van der Waals surface area contributed by atoms with Gasteiger partial charge in [0.15, 0.2) is 5.56 Å². The predicted octanol–water partition coefficient (Wildman–Crippen LogP) is 2.43. The van der Waals surface area contributed by atoms with Gasteiger partial charge in [0.05, 0.1) is 0 Å². The molecule has 0 spiro atoms. The van der Waals surface area contributed by atoms with Crippen LogP contribution in [0.15, 0.2) is 22.7 Å². The summed E-state index contributed by atoms with van der Waals surface area (Å²) in [5.74, 6) is -0.487. The van der Waals surface area contributed by atoms with E-state index in [1.54, 1.807) is 18.2 Å². The Hall–Kier alpha value is -0.580. The van der Waals surface area contributed by atoms with E-state index in [1.807, 2.05) is 0 Å². The van der Waals surface area contributed by atoms with Crippen LogP contribution in [-0.4, -0.2) is 13.0 Å².